The quantitative estimate of drug-likeness (QED) is 0.590. The number of hydrogen-bond acceptors (Lipinski definition) is 4. The van der Waals surface area contributed by atoms with Crippen LogP contribution in [0.2, 0.25) is 0 Å². The number of nitrogens with zero attached hydrogens (tertiary/aromatic N) is 1. The largest absolute Gasteiger partial charge is 0.465 e. The summed E-state index contributed by atoms with van der Waals surface area (Å²) in [6, 6.07) is 11.6. The average Bonchev–Trinajstić information content (AvgIpc) is 2.57. The molecule has 0 fully saturated rings. The third-order valence-corrected chi connectivity index (χ3v) is 3.88. The number of ether oxygens (including phenoxy) is 1. The van der Waals surface area contributed by atoms with Gasteiger partial charge in [-0.05, 0) is 25.3 Å². The van der Waals surface area contributed by atoms with E-state index in [1.165, 1.54) is 0 Å². The summed E-state index contributed by atoms with van der Waals surface area (Å²) in [7, 11) is 0. The van der Waals surface area contributed by atoms with Crippen LogP contribution in [-0.4, -0.2) is 18.5 Å². The molecule has 5 nitrogen and oxygen atoms in total. The summed E-state index contributed by atoms with van der Waals surface area (Å²) in [4.78, 5) is 24.8. The number of carbonyl (C=O) groups is 2. The van der Waals surface area contributed by atoms with Crippen molar-refractivity contribution in [3.05, 3.63) is 35.9 Å². The van der Waals surface area contributed by atoms with Crippen LogP contribution in [0.5, 0.6) is 0 Å². The summed E-state index contributed by atoms with van der Waals surface area (Å²) >= 11 is 0. The van der Waals surface area contributed by atoms with E-state index in [0.29, 0.717) is 13.0 Å². The lowest BCUT2D eigenvalue weighted by Gasteiger charge is -2.25. The minimum absolute atomic E-state index is 0.207. The highest BCUT2D eigenvalue weighted by molar-refractivity contribution is 5.98. The standard InChI is InChI=1S/C18H24N2O3/c1-4-15(13(3)11-19)16(18(22)23-5-2)17(21)20-12-14-9-7-6-8-10-14/h6-10,13,15-16H,4-5,12H2,1-3H3,(H,20,21). The third-order valence-electron chi connectivity index (χ3n) is 3.88. The van der Waals surface area contributed by atoms with Gasteiger partial charge in [-0.15, -0.1) is 0 Å². The van der Waals surface area contributed by atoms with Crippen molar-refractivity contribution in [3.8, 4) is 6.07 Å². The smallest absolute Gasteiger partial charge is 0.318 e. The molecule has 5 heteroatoms. The van der Waals surface area contributed by atoms with E-state index in [-0.39, 0.29) is 18.4 Å². The van der Waals surface area contributed by atoms with Crippen LogP contribution >= 0.6 is 0 Å². The maximum absolute atomic E-state index is 12.5. The summed E-state index contributed by atoms with van der Waals surface area (Å²) < 4.78 is 5.05. The highest BCUT2D eigenvalue weighted by atomic mass is 16.5. The lowest BCUT2D eigenvalue weighted by Crippen LogP contribution is -2.42. The van der Waals surface area contributed by atoms with Crippen molar-refractivity contribution in [2.75, 3.05) is 6.61 Å². The van der Waals surface area contributed by atoms with Crippen molar-refractivity contribution >= 4 is 11.9 Å². The summed E-state index contributed by atoms with van der Waals surface area (Å²) in [5.74, 6) is -2.68. The van der Waals surface area contributed by atoms with Crippen LogP contribution in [0, 0.1) is 29.1 Å². The Morgan fingerprint density at radius 3 is 2.43 bits per heavy atom. The van der Waals surface area contributed by atoms with Gasteiger partial charge in [-0.25, -0.2) is 0 Å². The van der Waals surface area contributed by atoms with E-state index in [4.69, 9.17) is 10.00 Å². The molecule has 1 aromatic carbocycles. The second-order valence-electron chi connectivity index (χ2n) is 5.42. The first kappa shape index (κ1) is 18.7. The van der Waals surface area contributed by atoms with Gasteiger partial charge in [-0.1, -0.05) is 43.7 Å². The number of nitriles is 1. The zero-order chi connectivity index (χ0) is 17.2. The molecule has 1 N–H and O–H groups in total. The Morgan fingerprint density at radius 1 is 1.26 bits per heavy atom. The molecule has 3 unspecified atom stereocenters. The van der Waals surface area contributed by atoms with E-state index in [0.717, 1.165) is 5.56 Å². The molecule has 1 aromatic rings. The molecule has 0 heterocycles. The van der Waals surface area contributed by atoms with Crippen LogP contribution in [0.1, 0.15) is 32.8 Å². The fourth-order valence-corrected chi connectivity index (χ4v) is 2.58. The first-order chi connectivity index (χ1) is 11.0. The molecular weight excluding hydrogens is 292 g/mol. The molecular formula is C18H24N2O3. The molecule has 1 amide bonds. The topological polar surface area (TPSA) is 79.2 Å². The van der Waals surface area contributed by atoms with Gasteiger partial charge in [0.1, 0.15) is 5.92 Å². The summed E-state index contributed by atoms with van der Waals surface area (Å²) in [6.07, 6.45) is 0.553. The normalized spacial score (nSPS) is 14.2. The zero-order valence-electron chi connectivity index (χ0n) is 13.9. The van der Waals surface area contributed by atoms with Crippen LogP contribution in [0.3, 0.4) is 0 Å². The maximum atomic E-state index is 12.5. The lowest BCUT2D eigenvalue weighted by molar-refractivity contribution is -0.155. The Morgan fingerprint density at radius 2 is 1.91 bits per heavy atom. The molecule has 124 valence electrons. The minimum atomic E-state index is -0.960. The van der Waals surface area contributed by atoms with Crippen LogP contribution in [0.25, 0.3) is 0 Å². The maximum Gasteiger partial charge on any atom is 0.318 e. The monoisotopic (exact) mass is 316 g/mol. The number of rotatable bonds is 8. The van der Waals surface area contributed by atoms with E-state index in [1.807, 2.05) is 37.3 Å². The molecule has 0 aliphatic carbocycles. The van der Waals surface area contributed by atoms with Crippen LogP contribution in [0.15, 0.2) is 30.3 Å². The number of amides is 1. The summed E-state index contributed by atoms with van der Waals surface area (Å²) in [5, 5.41) is 11.9. The Bertz CT molecular complexity index is 551. The third kappa shape index (κ3) is 5.41. The Balaban J connectivity index is 2.87. The van der Waals surface area contributed by atoms with Crippen molar-refractivity contribution < 1.29 is 14.3 Å². The van der Waals surface area contributed by atoms with Crippen LogP contribution in [-0.2, 0) is 20.9 Å². The molecule has 3 atom stereocenters. The van der Waals surface area contributed by atoms with Gasteiger partial charge in [-0.2, -0.15) is 5.26 Å². The number of benzene rings is 1. The van der Waals surface area contributed by atoms with E-state index in [2.05, 4.69) is 11.4 Å². The highest BCUT2D eigenvalue weighted by Crippen LogP contribution is 2.26. The van der Waals surface area contributed by atoms with E-state index in [9.17, 15) is 9.59 Å². The van der Waals surface area contributed by atoms with E-state index in [1.54, 1.807) is 13.8 Å². The predicted molar refractivity (Wildman–Crippen MR) is 87.0 cm³/mol. The lowest BCUT2D eigenvalue weighted by atomic mass is 9.80. The SMILES string of the molecule is CCOC(=O)C(C(=O)NCc1ccccc1)C(CC)C(C)C#N. The predicted octanol–water partition coefficient (Wildman–Crippen LogP) is 2.67. The molecule has 0 aliphatic rings. The first-order valence-electron chi connectivity index (χ1n) is 7.92. The number of carbonyl (C=O) groups excluding carboxylic acids is 2. The van der Waals surface area contributed by atoms with Crippen molar-refractivity contribution in [1.82, 2.24) is 5.32 Å². The van der Waals surface area contributed by atoms with Gasteiger partial charge in [0.25, 0.3) is 0 Å². The Hall–Kier alpha value is -2.35. The molecule has 23 heavy (non-hydrogen) atoms. The molecule has 0 bridgehead atoms. The fraction of sp³-hybridized carbons (Fsp3) is 0.500. The van der Waals surface area contributed by atoms with Crippen molar-refractivity contribution in [1.29, 1.82) is 5.26 Å². The second-order valence-corrected chi connectivity index (χ2v) is 5.42. The van der Waals surface area contributed by atoms with Gasteiger partial charge in [0, 0.05) is 12.5 Å². The number of hydrogen-bond donors (Lipinski definition) is 1. The van der Waals surface area contributed by atoms with Gasteiger partial charge in [-0.3, -0.25) is 9.59 Å². The molecule has 0 aliphatic heterocycles. The summed E-state index contributed by atoms with van der Waals surface area (Å²) in [5.41, 5.74) is 0.949. The Labute approximate surface area is 137 Å². The van der Waals surface area contributed by atoms with Crippen LogP contribution in [0.4, 0.5) is 0 Å². The van der Waals surface area contributed by atoms with Gasteiger partial charge in [0.15, 0.2) is 0 Å². The Kier molecular flexibility index (Phi) is 7.82. The van der Waals surface area contributed by atoms with E-state index >= 15 is 0 Å². The molecule has 1 rings (SSSR count). The fourth-order valence-electron chi connectivity index (χ4n) is 2.58. The molecule has 0 saturated carbocycles. The zero-order valence-corrected chi connectivity index (χ0v) is 13.9. The van der Waals surface area contributed by atoms with Gasteiger partial charge < -0.3 is 10.1 Å². The van der Waals surface area contributed by atoms with Gasteiger partial charge >= 0.3 is 5.97 Å². The second kappa shape index (κ2) is 9.62. The summed E-state index contributed by atoms with van der Waals surface area (Å²) in [6.45, 7) is 5.84. The number of nitrogens with one attached hydrogen (secondary N) is 1. The molecule has 0 aromatic heterocycles. The number of esters is 1. The van der Waals surface area contributed by atoms with Crippen LogP contribution < -0.4 is 5.32 Å². The molecule has 0 saturated heterocycles. The van der Waals surface area contributed by atoms with Gasteiger partial charge in [0.2, 0.25) is 5.91 Å². The average molecular weight is 316 g/mol. The van der Waals surface area contributed by atoms with Crippen molar-refractivity contribution in [3.63, 3.8) is 0 Å². The first-order valence-corrected chi connectivity index (χ1v) is 7.92. The molecule has 0 spiro atoms. The van der Waals surface area contributed by atoms with Crippen molar-refractivity contribution in [2.45, 2.75) is 33.7 Å². The minimum Gasteiger partial charge on any atom is -0.465 e. The van der Waals surface area contributed by atoms with E-state index < -0.39 is 17.8 Å². The van der Waals surface area contributed by atoms with Gasteiger partial charge in [0.05, 0.1) is 12.7 Å². The van der Waals surface area contributed by atoms with Crippen molar-refractivity contribution in [2.24, 2.45) is 17.8 Å². The molecule has 0 radical (unpaired) electrons. The highest BCUT2D eigenvalue weighted by Gasteiger charge is 2.38.